The molecule has 1 aliphatic carbocycles. The van der Waals surface area contributed by atoms with E-state index < -0.39 is 0 Å². The van der Waals surface area contributed by atoms with Gasteiger partial charge in [-0.2, -0.15) is 0 Å². The van der Waals surface area contributed by atoms with Crippen LogP contribution < -0.4 is 11.1 Å². The topological polar surface area (TPSA) is 71.5 Å². The minimum atomic E-state index is 0.111. The van der Waals surface area contributed by atoms with Crippen molar-refractivity contribution in [3.05, 3.63) is 23.7 Å². The van der Waals surface area contributed by atoms with Gasteiger partial charge in [-0.15, -0.1) is 0 Å². The number of rotatable bonds is 3. The fourth-order valence-electron chi connectivity index (χ4n) is 3.19. The lowest BCUT2D eigenvalue weighted by Crippen LogP contribution is -2.45. The highest BCUT2D eigenvalue weighted by Crippen LogP contribution is 2.30. The van der Waals surface area contributed by atoms with Gasteiger partial charge in [-0.05, 0) is 31.7 Å². The molecule has 1 unspecified atom stereocenters. The van der Waals surface area contributed by atoms with E-state index in [1.807, 2.05) is 6.07 Å². The highest BCUT2D eigenvalue weighted by molar-refractivity contribution is 5.78. The predicted octanol–water partition coefficient (Wildman–Crippen LogP) is 1.20. The molecule has 1 amide bonds. The molecule has 0 bridgehead atoms. The zero-order valence-electron chi connectivity index (χ0n) is 11.8. The molecular weight excluding hydrogens is 254 g/mol. The summed E-state index contributed by atoms with van der Waals surface area (Å²) in [6.07, 6.45) is 6.76. The Morgan fingerprint density at radius 1 is 1.40 bits per heavy atom. The molecule has 1 saturated heterocycles. The highest BCUT2D eigenvalue weighted by atomic mass is 16.3. The fourth-order valence-corrected chi connectivity index (χ4v) is 3.19. The molecule has 5 heteroatoms. The summed E-state index contributed by atoms with van der Waals surface area (Å²) in [5, 5.41) is 3.15. The van der Waals surface area contributed by atoms with Gasteiger partial charge in [-0.25, -0.2) is 0 Å². The van der Waals surface area contributed by atoms with E-state index in [-0.39, 0.29) is 11.9 Å². The normalized spacial score (nSPS) is 24.4. The van der Waals surface area contributed by atoms with Crippen molar-refractivity contribution in [1.29, 1.82) is 0 Å². The van der Waals surface area contributed by atoms with Crippen molar-refractivity contribution in [3.63, 3.8) is 0 Å². The van der Waals surface area contributed by atoms with Crippen LogP contribution in [0.4, 0.5) is 0 Å². The summed E-state index contributed by atoms with van der Waals surface area (Å²) in [4.78, 5) is 14.4. The summed E-state index contributed by atoms with van der Waals surface area (Å²) in [6.45, 7) is 2.34. The Labute approximate surface area is 119 Å². The number of nitrogens with zero attached hydrogens (tertiary/aromatic N) is 1. The van der Waals surface area contributed by atoms with E-state index in [1.54, 1.807) is 6.26 Å². The number of hydrogen-bond donors (Lipinski definition) is 2. The van der Waals surface area contributed by atoms with E-state index in [0.29, 0.717) is 12.6 Å². The minimum absolute atomic E-state index is 0.111. The van der Waals surface area contributed by atoms with Crippen molar-refractivity contribution >= 4 is 5.91 Å². The molecule has 0 saturated carbocycles. The Kier molecular flexibility index (Phi) is 4.08. The maximum Gasteiger partial charge on any atom is 0.234 e. The fraction of sp³-hybridized carbons (Fsp3) is 0.667. The van der Waals surface area contributed by atoms with Crippen molar-refractivity contribution in [1.82, 2.24) is 10.2 Å². The molecule has 0 radical (unpaired) electrons. The van der Waals surface area contributed by atoms with Crippen LogP contribution in [0.2, 0.25) is 0 Å². The number of amides is 1. The number of nitrogens with one attached hydrogen (secondary N) is 1. The number of carbonyl (C=O) groups is 1. The average molecular weight is 277 g/mol. The molecule has 3 rings (SSSR count). The van der Waals surface area contributed by atoms with Gasteiger partial charge >= 0.3 is 0 Å². The monoisotopic (exact) mass is 277 g/mol. The molecule has 1 fully saturated rings. The van der Waals surface area contributed by atoms with Crippen molar-refractivity contribution in [2.75, 3.05) is 19.6 Å². The lowest BCUT2D eigenvalue weighted by Gasteiger charge is -2.30. The number of hydrogen-bond acceptors (Lipinski definition) is 4. The van der Waals surface area contributed by atoms with Gasteiger partial charge < -0.3 is 15.5 Å². The third-order valence-electron chi connectivity index (χ3n) is 4.39. The van der Waals surface area contributed by atoms with Gasteiger partial charge in [0.2, 0.25) is 5.91 Å². The summed E-state index contributed by atoms with van der Waals surface area (Å²) >= 11 is 0. The zero-order valence-corrected chi connectivity index (χ0v) is 11.8. The van der Waals surface area contributed by atoms with Crippen LogP contribution in [0.1, 0.15) is 43.0 Å². The number of aryl methyl sites for hydroxylation is 1. The summed E-state index contributed by atoms with van der Waals surface area (Å²) in [6, 6.07) is 2.41. The van der Waals surface area contributed by atoms with E-state index in [1.165, 1.54) is 0 Å². The summed E-state index contributed by atoms with van der Waals surface area (Å²) in [5.74, 6) is 1.14. The molecule has 0 aromatic carbocycles. The van der Waals surface area contributed by atoms with Crippen LogP contribution in [-0.4, -0.2) is 36.5 Å². The number of piperidine rings is 1. The van der Waals surface area contributed by atoms with Gasteiger partial charge in [0.15, 0.2) is 0 Å². The van der Waals surface area contributed by atoms with Crippen molar-refractivity contribution in [2.24, 2.45) is 5.73 Å². The lowest BCUT2D eigenvalue weighted by atomic mass is 9.93. The van der Waals surface area contributed by atoms with Gasteiger partial charge in [-0.1, -0.05) is 0 Å². The molecule has 3 N–H and O–H groups in total. The Bertz CT molecular complexity index is 463. The number of nitrogens with two attached hydrogens (primary N) is 1. The van der Waals surface area contributed by atoms with Gasteiger partial charge in [0.1, 0.15) is 5.76 Å². The highest BCUT2D eigenvalue weighted by Gasteiger charge is 2.25. The molecule has 20 heavy (non-hydrogen) atoms. The van der Waals surface area contributed by atoms with Crippen LogP contribution in [0.15, 0.2) is 16.7 Å². The van der Waals surface area contributed by atoms with Gasteiger partial charge in [0.05, 0.1) is 18.8 Å². The first-order valence-corrected chi connectivity index (χ1v) is 7.56. The van der Waals surface area contributed by atoms with E-state index in [2.05, 4.69) is 10.2 Å². The largest absolute Gasteiger partial charge is 0.469 e. The molecule has 2 heterocycles. The van der Waals surface area contributed by atoms with Crippen molar-refractivity contribution in [3.8, 4) is 0 Å². The first-order chi connectivity index (χ1) is 9.72. The number of fused-ring (bicyclic) bond motifs is 1. The zero-order chi connectivity index (χ0) is 13.9. The second-order valence-electron chi connectivity index (χ2n) is 5.93. The number of furan rings is 1. The molecule has 0 spiro atoms. The van der Waals surface area contributed by atoms with Crippen molar-refractivity contribution < 1.29 is 9.21 Å². The molecule has 1 aliphatic heterocycles. The lowest BCUT2D eigenvalue weighted by molar-refractivity contribution is -0.123. The van der Waals surface area contributed by atoms with Crippen LogP contribution in [-0.2, 0) is 11.2 Å². The summed E-state index contributed by atoms with van der Waals surface area (Å²) < 4.78 is 5.45. The molecule has 2 aliphatic rings. The molecule has 5 nitrogen and oxygen atoms in total. The van der Waals surface area contributed by atoms with Crippen LogP contribution in [0.3, 0.4) is 0 Å². The Hall–Kier alpha value is -1.33. The Balaban J connectivity index is 1.53. The first kappa shape index (κ1) is 13.6. The maximum absolute atomic E-state index is 12.2. The van der Waals surface area contributed by atoms with E-state index in [9.17, 15) is 4.79 Å². The molecule has 1 atom stereocenters. The van der Waals surface area contributed by atoms with E-state index >= 15 is 0 Å². The van der Waals surface area contributed by atoms with Gasteiger partial charge in [0.25, 0.3) is 0 Å². The second-order valence-corrected chi connectivity index (χ2v) is 5.93. The second kappa shape index (κ2) is 5.97. The van der Waals surface area contributed by atoms with Crippen LogP contribution in [0.25, 0.3) is 0 Å². The number of likely N-dealkylation sites (tertiary alicyclic amines) is 1. The van der Waals surface area contributed by atoms with Crippen LogP contribution >= 0.6 is 0 Å². The van der Waals surface area contributed by atoms with Crippen molar-refractivity contribution in [2.45, 2.75) is 44.2 Å². The predicted molar refractivity (Wildman–Crippen MR) is 76.2 cm³/mol. The van der Waals surface area contributed by atoms with Gasteiger partial charge in [-0.3, -0.25) is 9.69 Å². The Morgan fingerprint density at radius 2 is 2.20 bits per heavy atom. The van der Waals surface area contributed by atoms with Gasteiger partial charge in [0, 0.05) is 31.1 Å². The summed E-state index contributed by atoms with van der Waals surface area (Å²) in [7, 11) is 0. The molecular formula is C15H23N3O2. The molecule has 1 aromatic heterocycles. The standard InChI is InChI=1S/C15H23N3O2/c16-11-4-7-18(8-5-11)10-15(19)17-13-2-1-3-14-12(13)6-9-20-14/h6,9,11,13H,1-5,7-8,10,16H2,(H,17,19). The van der Waals surface area contributed by atoms with Crippen LogP contribution in [0.5, 0.6) is 0 Å². The summed E-state index contributed by atoms with van der Waals surface area (Å²) in [5.41, 5.74) is 7.04. The quantitative estimate of drug-likeness (QED) is 0.871. The maximum atomic E-state index is 12.2. The third-order valence-corrected chi connectivity index (χ3v) is 4.39. The van der Waals surface area contributed by atoms with Crippen LogP contribution in [0, 0.1) is 0 Å². The number of carbonyl (C=O) groups excluding carboxylic acids is 1. The van der Waals surface area contributed by atoms with E-state index in [4.69, 9.17) is 10.2 Å². The molecule has 1 aromatic rings. The Morgan fingerprint density at radius 3 is 3.00 bits per heavy atom. The smallest absolute Gasteiger partial charge is 0.234 e. The SMILES string of the molecule is NC1CCN(CC(=O)NC2CCCc3occc32)CC1. The minimum Gasteiger partial charge on any atom is -0.469 e. The first-order valence-electron chi connectivity index (χ1n) is 7.56. The third kappa shape index (κ3) is 3.04. The molecule has 110 valence electrons. The average Bonchev–Trinajstić information content (AvgIpc) is 2.91. The van der Waals surface area contributed by atoms with E-state index in [0.717, 1.165) is 56.5 Å².